The highest BCUT2D eigenvalue weighted by molar-refractivity contribution is 5.84. The summed E-state index contributed by atoms with van der Waals surface area (Å²) >= 11 is 0. The van der Waals surface area contributed by atoms with Crippen LogP contribution in [0.5, 0.6) is 0 Å². The number of amides is 1. The van der Waals surface area contributed by atoms with Crippen LogP contribution in [-0.2, 0) is 24.2 Å². The summed E-state index contributed by atoms with van der Waals surface area (Å²) in [5.74, 6) is 2.01. The van der Waals surface area contributed by atoms with Crippen LogP contribution in [0, 0.1) is 5.41 Å². The first-order chi connectivity index (χ1) is 12.2. The van der Waals surface area contributed by atoms with Crippen LogP contribution in [0.4, 0.5) is 0 Å². The van der Waals surface area contributed by atoms with Crippen LogP contribution in [0.15, 0.2) is 30.3 Å². The van der Waals surface area contributed by atoms with Gasteiger partial charge in [-0.25, -0.2) is 9.67 Å². The van der Waals surface area contributed by atoms with E-state index in [0.29, 0.717) is 0 Å². The highest BCUT2D eigenvalue weighted by Gasteiger charge is 2.45. The summed E-state index contributed by atoms with van der Waals surface area (Å²) in [6.07, 6.45) is 6.75. The number of carbonyl (C=O) groups excluding carboxylic acids is 1. The summed E-state index contributed by atoms with van der Waals surface area (Å²) in [7, 11) is 0. The van der Waals surface area contributed by atoms with Crippen LogP contribution >= 0.6 is 0 Å². The van der Waals surface area contributed by atoms with Crippen LogP contribution < -0.4 is 5.32 Å². The predicted molar refractivity (Wildman–Crippen MR) is 95.9 cm³/mol. The topological polar surface area (TPSA) is 59.8 Å². The average Bonchev–Trinajstić information content (AvgIpc) is 3.03. The normalized spacial score (nSPS) is 21.2. The standard InChI is InChI=1S/C20H26N4O/c1-2-17-22-18-16(10-6-13-24(18)23-17)21-19(25)20(11-7-12-20)14-15-8-4-3-5-9-15/h3-5,8-9,16H,2,6-7,10-14H2,1H3,(H,21,25)/t16-/m1/s1. The molecule has 1 N–H and O–H groups in total. The third-order valence-corrected chi connectivity index (χ3v) is 5.72. The molecule has 2 aromatic rings. The zero-order valence-electron chi connectivity index (χ0n) is 14.9. The highest BCUT2D eigenvalue weighted by atomic mass is 16.2. The van der Waals surface area contributed by atoms with Gasteiger partial charge in [0.25, 0.3) is 0 Å². The van der Waals surface area contributed by atoms with Gasteiger partial charge in [0.1, 0.15) is 5.82 Å². The molecule has 5 heteroatoms. The molecule has 25 heavy (non-hydrogen) atoms. The molecule has 0 radical (unpaired) electrons. The number of nitrogens with zero attached hydrogens (tertiary/aromatic N) is 3. The van der Waals surface area contributed by atoms with E-state index in [0.717, 1.165) is 63.1 Å². The van der Waals surface area contributed by atoms with Gasteiger partial charge in [-0.2, -0.15) is 5.10 Å². The Morgan fingerprint density at radius 1 is 1.28 bits per heavy atom. The lowest BCUT2D eigenvalue weighted by atomic mass is 9.64. The van der Waals surface area contributed by atoms with E-state index in [1.807, 2.05) is 10.7 Å². The second kappa shape index (κ2) is 6.62. The molecular weight excluding hydrogens is 312 g/mol. The number of carbonyl (C=O) groups is 1. The largest absolute Gasteiger partial charge is 0.346 e. The summed E-state index contributed by atoms with van der Waals surface area (Å²) in [6, 6.07) is 10.4. The number of nitrogens with one attached hydrogen (secondary N) is 1. The van der Waals surface area contributed by atoms with Crippen molar-refractivity contribution in [2.24, 2.45) is 5.41 Å². The van der Waals surface area contributed by atoms with Crippen LogP contribution in [0.3, 0.4) is 0 Å². The number of aromatic nitrogens is 3. The third kappa shape index (κ3) is 3.08. The van der Waals surface area contributed by atoms with Crippen molar-refractivity contribution < 1.29 is 4.79 Å². The van der Waals surface area contributed by atoms with Gasteiger partial charge >= 0.3 is 0 Å². The Morgan fingerprint density at radius 2 is 2.08 bits per heavy atom. The molecule has 1 saturated carbocycles. The Bertz CT molecular complexity index is 748. The summed E-state index contributed by atoms with van der Waals surface area (Å²) in [4.78, 5) is 17.8. The molecular formula is C20H26N4O. The second-order valence-corrected chi connectivity index (χ2v) is 7.43. The van der Waals surface area contributed by atoms with Gasteiger partial charge in [-0.15, -0.1) is 0 Å². The molecule has 4 rings (SSSR count). The summed E-state index contributed by atoms with van der Waals surface area (Å²) in [6.45, 7) is 2.97. The van der Waals surface area contributed by atoms with Gasteiger partial charge in [-0.3, -0.25) is 4.79 Å². The first-order valence-corrected chi connectivity index (χ1v) is 9.49. The lowest BCUT2D eigenvalue weighted by molar-refractivity contribution is -0.137. The van der Waals surface area contributed by atoms with Gasteiger partial charge in [0.05, 0.1) is 11.5 Å². The lowest BCUT2D eigenvalue weighted by Gasteiger charge is -2.41. The zero-order valence-corrected chi connectivity index (χ0v) is 14.9. The molecule has 2 heterocycles. The first kappa shape index (κ1) is 16.3. The van der Waals surface area contributed by atoms with Gasteiger partial charge < -0.3 is 5.32 Å². The Labute approximate surface area is 148 Å². The molecule has 0 saturated heterocycles. The molecule has 1 fully saturated rings. The Morgan fingerprint density at radius 3 is 2.76 bits per heavy atom. The Kier molecular flexibility index (Phi) is 4.32. The maximum Gasteiger partial charge on any atom is 0.227 e. The molecule has 1 aromatic carbocycles. The molecule has 5 nitrogen and oxygen atoms in total. The maximum atomic E-state index is 13.1. The van der Waals surface area contributed by atoms with Gasteiger partial charge in [0.15, 0.2) is 5.82 Å². The number of fused-ring (bicyclic) bond motifs is 1. The minimum Gasteiger partial charge on any atom is -0.346 e. The van der Waals surface area contributed by atoms with Crippen molar-refractivity contribution in [2.45, 2.75) is 64.5 Å². The molecule has 0 spiro atoms. The van der Waals surface area contributed by atoms with Crippen molar-refractivity contribution in [1.29, 1.82) is 0 Å². The number of aryl methyl sites for hydroxylation is 2. The van der Waals surface area contributed by atoms with E-state index in [4.69, 9.17) is 0 Å². The van der Waals surface area contributed by atoms with Crippen LogP contribution in [-0.4, -0.2) is 20.7 Å². The molecule has 1 amide bonds. The molecule has 0 unspecified atom stereocenters. The fraction of sp³-hybridized carbons (Fsp3) is 0.550. The van der Waals surface area contributed by atoms with Crippen molar-refractivity contribution >= 4 is 5.91 Å². The molecule has 1 aromatic heterocycles. The van der Waals surface area contributed by atoms with Crippen molar-refractivity contribution in [1.82, 2.24) is 20.1 Å². The summed E-state index contributed by atoms with van der Waals surface area (Å²) in [5.41, 5.74) is 1.01. The highest BCUT2D eigenvalue weighted by Crippen LogP contribution is 2.44. The van der Waals surface area contributed by atoms with E-state index in [1.54, 1.807) is 0 Å². The predicted octanol–water partition coefficient (Wildman–Crippen LogP) is 3.20. The Balaban J connectivity index is 1.51. The van der Waals surface area contributed by atoms with E-state index >= 15 is 0 Å². The van der Waals surface area contributed by atoms with Crippen LogP contribution in [0.1, 0.15) is 62.3 Å². The average molecular weight is 338 g/mol. The van der Waals surface area contributed by atoms with Crippen molar-refractivity contribution in [3.63, 3.8) is 0 Å². The van der Waals surface area contributed by atoms with Gasteiger partial charge in [0, 0.05) is 13.0 Å². The van der Waals surface area contributed by atoms with Crippen molar-refractivity contribution in [2.75, 3.05) is 0 Å². The molecule has 1 aliphatic heterocycles. The SMILES string of the molecule is CCc1nc2n(n1)CCC[C@H]2NC(=O)C1(Cc2ccccc2)CCC1. The minimum atomic E-state index is -0.239. The fourth-order valence-electron chi connectivity index (χ4n) is 4.07. The number of hydrogen-bond donors (Lipinski definition) is 1. The van der Waals surface area contributed by atoms with Crippen molar-refractivity contribution in [3.05, 3.63) is 47.5 Å². The number of benzene rings is 1. The van der Waals surface area contributed by atoms with E-state index in [-0.39, 0.29) is 17.4 Å². The second-order valence-electron chi connectivity index (χ2n) is 7.43. The molecule has 0 bridgehead atoms. The molecule has 1 atom stereocenters. The first-order valence-electron chi connectivity index (χ1n) is 9.49. The van der Waals surface area contributed by atoms with Crippen molar-refractivity contribution in [3.8, 4) is 0 Å². The third-order valence-electron chi connectivity index (χ3n) is 5.72. The van der Waals surface area contributed by atoms with E-state index < -0.39 is 0 Å². The Hall–Kier alpha value is -2.17. The molecule has 132 valence electrons. The van der Waals surface area contributed by atoms with E-state index in [1.165, 1.54) is 5.56 Å². The van der Waals surface area contributed by atoms with Crippen LogP contribution in [0.25, 0.3) is 0 Å². The van der Waals surface area contributed by atoms with Crippen LogP contribution in [0.2, 0.25) is 0 Å². The zero-order chi connectivity index (χ0) is 17.3. The van der Waals surface area contributed by atoms with Gasteiger partial charge in [0.2, 0.25) is 5.91 Å². The van der Waals surface area contributed by atoms with Gasteiger partial charge in [-0.1, -0.05) is 43.7 Å². The monoisotopic (exact) mass is 338 g/mol. The summed E-state index contributed by atoms with van der Waals surface area (Å²) in [5, 5.41) is 7.86. The smallest absolute Gasteiger partial charge is 0.227 e. The quantitative estimate of drug-likeness (QED) is 0.911. The lowest BCUT2D eigenvalue weighted by Crippen LogP contribution is -2.49. The summed E-state index contributed by atoms with van der Waals surface area (Å²) < 4.78 is 1.98. The van der Waals surface area contributed by atoms with E-state index in [2.05, 4.69) is 46.6 Å². The van der Waals surface area contributed by atoms with Gasteiger partial charge in [-0.05, 0) is 37.7 Å². The molecule has 2 aliphatic rings. The minimum absolute atomic E-state index is 0.00213. The maximum absolute atomic E-state index is 13.1. The molecule has 1 aliphatic carbocycles. The fourth-order valence-corrected chi connectivity index (χ4v) is 4.07. The van der Waals surface area contributed by atoms with E-state index in [9.17, 15) is 4.79 Å². The number of rotatable bonds is 5. The number of hydrogen-bond acceptors (Lipinski definition) is 3.